The number of amides is 2. The molecule has 0 bridgehead atoms. The van der Waals surface area contributed by atoms with Crippen LogP contribution in [0.3, 0.4) is 0 Å². The van der Waals surface area contributed by atoms with Crippen molar-refractivity contribution in [2.45, 2.75) is 18.9 Å². The number of aromatic nitrogens is 2. The molecule has 0 radical (unpaired) electrons. The van der Waals surface area contributed by atoms with E-state index in [9.17, 15) is 14.0 Å². The average Bonchev–Trinajstić information content (AvgIpc) is 3.38. The summed E-state index contributed by atoms with van der Waals surface area (Å²) in [6, 6.07) is 14.3. The summed E-state index contributed by atoms with van der Waals surface area (Å²) in [7, 11) is 0. The Morgan fingerprint density at radius 2 is 1.82 bits per heavy atom. The highest BCUT2D eigenvalue weighted by Crippen LogP contribution is 2.27. The Kier molecular flexibility index (Phi) is 5.12. The van der Waals surface area contributed by atoms with Crippen molar-refractivity contribution >= 4 is 28.3 Å². The van der Waals surface area contributed by atoms with Crippen LogP contribution in [0.2, 0.25) is 0 Å². The van der Waals surface area contributed by atoms with Gasteiger partial charge < -0.3 is 4.90 Å². The molecule has 2 heterocycles. The number of nitrogens with one attached hydrogen (secondary N) is 1. The maximum absolute atomic E-state index is 13.1. The van der Waals surface area contributed by atoms with Crippen LogP contribution in [0.1, 0.15) is 23.2 Å². The van der Waals surface area contributed by atoms with E-state index in [1.807, 2.05) is 6.07 Å². The average molecular weight is 396 g/mol. The summed E-state index contributed by atoms with van der Waals surface area (Å²) in [5.41, 5.74) is 1.29. The molecule has 2 amide bonds. The van der Waals surface area contributed by atoms with Crippen LogP contribution in [-0.4, -0.2) is 39.5 Å². The summed E-state index contributed by atoms with van der Waals surface area (Å²) in [6.45, 7) is 0.544. The van der Waals surface area contributed by atoms with Crippen LogP contribution in [0.25, 0.3) is 10.6 Å². The molecule has 0 saturated carbocycles. The van der Waals surface area contributed by atoms with Gasteiger partial charge in [-0.1, -0.05) is 29.5 Å². The van der Waals surface area contributed by atoms with Crippen LogP contribution >= 0.6 is 11.3 Å². The van der Waals surface area contributed by atoms with Gasteiger partial charge in [-0.05, 0) is 49.2 Å². The van der Waals surface area contributed by atoms with E-state index >= 15 is 0 Å². The quantitative estimate of drug-likeness (QED) is 0.731. The van der Waals surface area contributed by atoms with Gasteiger partial charge in [-0.15, -0.1) is 10.2 Å². The minimum absolute atomic E-state index is 0.150. The molecule has 3 aromatic rings. The molecule has 0 aliphatic carbocycles. The molecule has 28 heavy (non-hydrogen) atoms. The Morgan fingerprint density at radius 3 is 2.57 bits per heavy atom. The summed E-state index contributed by atoms with van der Waals surface area (Å²) in [5, 5.41) is 11.7. The first kappa shape index (κ1) is 18.2. The summed E-state index contributed by atoms with van der Waals surface area (Å²) < 4.78 is 13.1. The molecular formula is C20H17FN4O2S. The molecule has 0 unspecified atom stereocenters. The normalized spacial score (nSPS) is 16.2. The van der Waals surface area contributed by atoms with Crippen molar-refractivity contribution in [2.24, 2.45) is 0 Å². The van der Waals surface area contributed by atoms with Crippen LogP contribution in [0.15, 0.2) is 54.6 Å². The highest BCUT2D eigenvalue weighted by molar-refractivity contribution is 7.18. The van der Waals surface area contributed by atoms with Gasteiger partial charge in [0, 0.05) is 17.7 Å². The van der Waals surface area contributed by atoms with Gasteiger partial charge >= 0.3 is 0 Å². The van der Waals surface area contributed by atoms with E-state index in [1.54, 1.807) is 41.3 Å². The molecule has 0 spiro atoms. The fourth-order valence-corrected chi connectivity index (χ4v) is 3.95. The lowest BCUT2D eigenvalue weighted by molar-refractivity contribution is -0.119. The van der Waals surface area contributed by atoms with Crippen molar-refractivity contribution < 1.29 is 14.0 Å². The fourth-order valence-electron chi connectivity index (χ4n) is 3.20. The standard InChI is InChI=1S/C20H17FN4O2S/c21-15-10-8-13(9-11-15)18-23-24-20(28-18)22-17(26)16-7-4-12-25(16)19(27)14-5-2-1-3-6-14/h1-3,5-6,8-11,16H,4,7,12H2,(H,22,24,26)/t16-/m1/s1. The van der Waals surface area contributed by atoms with E-state index in [0.29, 0.717) is 28.7 Å². The van der Waals surface area contributed by atoms with E-state index in [1.165, 1.54) is 23.5 Å². The number of halogens is 1. The third-order valence-electron chi connectivity index (χ3n) is 4.58. The van der Waals surface area contributed by atoms with Crippen LogP contribution in [0, 0.1) is 5.82 Å². The highest BCUT2D eigenvalue weighted by atomic mass is 32.1. The van der Waals surface area contributed by atoms with Gasteiger partial charge in [-0.25, -0.2) is 4.39 Å². The number of hydrogen-bond donors (Lipinski definition) is 1. The van der Waals surface area contributed by atoms with Crippen molar-refractivity contribution in [1.29, 1.82) is 0 Å². The van der Waals surface area contributed by atoms with Crippen molar-refractivity contribution in [2.75, 3.05) is 11.9 Å². The van der Waals surface area contributed by atoms with Crippen molar-refractivity contribution in [3.8, 4) is 10.6 Å². The Hall–Kier alpha value is -3.13. The minimum atomic E-state index is -0.536. The Bertz CT molecular complexity index is 991. The molecule has 1 atom stereocenters. The molecule has 8 heteroatoms. The molecule has 1 N–H and O–H groups in total. The SMILES string of the molecule is O=C(Nc1nnc(-c2ccc(F)cc2)s1)[C@H]1CCCN1C(=O)c1ccccc1. The summed E-state index contributed by atoms with van der Waals surface area (Å²) in [6.07, 6.45) is 1.38. The maximum Gasteiger partial charge on any atom is 0.254 e. The topological polar surface area (TPSA) is 75.2 Å². The Balaban J connectivity index is 1.46. The second kappa shape index (κ2) is 7.85. The number of anilines is 1. The van der Waals surface area contributed by atoms with Gasteiger partial charge in [-0.2, -0.15) is 0 Å². The molecule has 1 fully saturated rings. The Morgan fingerprint density at radius 1 is 1.07 bits per heavy atom. The first-order chi connectivity index (χ1) is 13.6. The van der Waals surface area contributed by atoms with Gasteiger partial charge in [0.05, 0.1) is 0 Å². The first-order valence-electron chi connectivity index (χ1n) is 8.88. The smallest absolute Gasteiger partial charge is 0.254 e. The molecule has 1 aliphatic rings. The van der Waals surface area contributed by atoms with Crippen molar-refractivity contribution in [3.63, 3.8) is 0 Å². The molecule has 2 aromatic carbocycles. The largest absolute Gasteiger partial charge is 0.327 e. The zero-order valence-electron chi connectivity index (χ0n) is 14.8. The zero-order chi connectivity index (χ0) is 19.5. The van der Waals surface area contributed by atoms with Crippen LogP contribution in [0.5, 0.6) is 0 Å². The van der Waals surface area contributed by atoms with Crippen LogP contribution in [0.4, 0.5) is 9.52 Å². The molecule has 6 nitrogen and oxygen atoms in total. The van der Waals surface area contributed by atoms with E-state index in [-0.39, 0.29) is 17.6 Å². The van der Waals surface area contributed by atoms with Gasteiger partial charge in [0.2, 0.25) is 11.0 Å². The number of likely N-dealkylation sites (tertiary alicyclic amines) is 1. The number of hydrogen-bond acceptors (Lipinski definition) is 5. The summed E-state index contributed by atoms with van der Waals surface area (Å²) in [5.74, 6) is -0.752. The van der Waals surface area contributed by atoms with Gasteiger partial charge in [0.1, 0.15) is 16.9 Å². The predicted molar refractivity (Wildman–Crippen MR) is 104 cm³/mol. The van der Waals surface area contributed by atoms with E-state index in [2.05, 4.69) is 15.5 Å². The molecule has 142 valence electrons. The maximum atomic E-state index is 13.1. The first-order valence-corrected chi connectivity index (χ1v) is 9.70. The molecule has 1 aromatic heterocycles. The second-order valence-electron chi connectivity index (χ2n) is 6.43. The van der Waals surface area contributed by atoms with E-state index in [0.717, 1.165) is 12.0 Å². The Labute approximate surface area is 165 Å². The monoisotopic (exact) mass is 396 g/mol. The fraction of sp³-hybridized carbons (Fsp3) is 0.200. The number of benzene rings is 2. The lowest BCUT2D eigenvalue weighted by atomic mass is 10.1. The third kappa shape index (κ3) is 3.77. The molecule has 4 rings (SSSR count). The summed E-state index contributed by atoms with van der Waals surface area (Å²) in [4.78, 5) is 27.1. The number of nitrogens with zero attached hydrogens (tertiary/aromatic N) is 3. The van der Waals surface area contributed by atoms with Gasteiger partial charge in [0.15, 0.2) is 0 Å². The van der Waals surface area contributed by atoms with Crippen molar-refractivity contribution in [3.05, 3.63) is 66.0 Å². The number of carbonyl (C=O) groups is 2. The third-order valence-corrected chi connectivity index (χ3v) is 5.47. The summed E-state index contributed by atoms with van der Waals surface area (Å²) >= 11 is 1.20. The van der Waals surface area contributed by atoms with Crippen molar-refractivity contribution in [1.82, 2.24) is 15.1 Å². The second-order valence-corrected chi connectivity index (χ2v) is 7.41. The molecule has 1 aliphatic heterocycles. The lowest BCUT2D eigenvalue weighted by Crippen LogP contribution is -2.43. The van der Waals surface area contributed by atoms with Gasteiger partial charge in [-0.3, -0.25) is 14.9 Å². The molecular weight excluding hydrogens is 379 g/mol. The molecule has 1 saturated heterocycles. The number of rotatable bonds is 4. The van der Waals surface area contributed by atoms with Gasteiger partial charge in [0.25, 0.3) is 5.91 Å². The van der Waals surface area contributed by atoms with Crippen LogP contribution < -0.4 is 5.32 Å². The lowest BCUT2D eigenvalue weighted by Gasteiger charge is -2.23. The predicted octanol–water partition coefficient (Wildman–Crippen LogP) is 3.59. The van der Waals surface area contributed by atoms with E-state index in [4.69, 9.17) is 0 Å². The highest BCUT2D eigenvalue weighted by Gasteiger charge is 2.34. The number of carbonyl (C=O) groups excluding carboxylic acids is 2. The zero-order valence-corrected chi connectivity index (χ0v) is 15.7. The van der Waals surface area contributed by atoms with Crippen LogP contribution in [-0.2, 0) is 4.79 Å². The minimum Gasteiger partial charge on any atom is -0.327 e. The van der Waals surface area contributed by atoms with E-state index < -0.39 is 6.04 Å².